The predicted molar refractivity (Wildman–Crippen MR) is 121 cm³/mol. The number of aromatic nitrogens is 1. The van der Waals surface area contributed by atoms with Gasteiger partial charge in [-0.15, -0.1) is 4.41 Å². The molecule has 2 amide bonds. The van der Waals surface area contributed by atoms with E-state index < -0.39 is 33.9 Å². The van der Waals surface area contributed by atoms with Gasteiger partial charge in [-0.1, -0.05) is 0 Å². The molecular weight excluding hydrogens is 486 g/mol. The van der Waals surface area contributed by atoms with Gasteiger partial charge in [0.2, 0.25) is 5.91 Å². The van der Waals surface area contributed by atoms with E-state index in [1.165, 1.54) is 36.4 Å². The summed E-state index contributed by atoms with van der Waals surface area (Å²) < 4.78 is 62.0. The molecule has 35 heavy (non-hydrogen) atoms. The lowest BCUT2D eigenvalue weighted by Crippen LogP contribution is -2.43. The van der Waals surface area contributed by atoms with E-state index in [-0.39, 0.29) is 61.4 Å². The highest BCUT2D eigenvalue weighted by molar-refractivity contribution is 7.89. The summed E-state index contributed by atoms with van der Waals surface area (Å²) in [6, 6.07) is 4.79. The topological polar surface area (TPSA) is 124 Å². The number of pyridine rings is 1. The lowest BCUT2D eigenvalue weighted by molar-refractivity contribution is -0.119. The second-order valence-electron chi connectivity index (χ2n) is 7.97. The fourth-order valence-electron chi connectivity index (χ4n) is 3.88. The van der Waals surface area contributed by atoms with Crippen LogP contribution < -0.4 is 20.5 Å². The van der Waals surface area contributed by atoms with E-state index in [0.29, 0.717) is 0 Å². The maximum Gasteiger partial charge on any atom is 0.414 e. The Kier molecular flexibility index (Phi) is 7.14. The number of hydrogen-bond donors (Lipinski definition) is 2. The summed E-state index contributed by atoms with van der Waals surface area (Å²) in [5.41, 5.74) is 2.45. The Hall–Kier alpha value is -3.36. The number of carbonyl (C=O) groups is 2. The fourth-order valence-corrected chi connectivity index (χ4v) is 5.19. The van der Waals surface area contributed by atoms with Gasteiger partial charge < -0.3 is 15.0 Å². The van der Waals surface area contributed by atoms with Gasteiger partial charge in [0, 0.05) is 57.6 Å². The number of hydrogen-bond acceptors (Lipinski definition) is 8. The van der Waals surface area contributed by atoms with E-state index in [1.54, 1.807) is 0 Å². The predicted octanol–water partition coefficient (Wildman–Crippen LogP) is 0.837. The van der Waals surface area contributed by atoms with Crippen molar-refractivity contribution in [2.45, 2.75) is 17.9 Å². The molecule has 1 aromatic heterocycles. The summed E-state index contributed by atoms with van der Waals surface area (Å²) >= 11 is 0. The summed E-state index contributed by atoms with van der Waals surface area (Å²) in [5, 5.41) is 2.53. The van der Waals surface area contributed by atoms with Gasteiger partial charge in [-0.25, -0.2) is 27.4 Å². The first-order valence-electron chi connectivity index (χ1n) is 10.8. The summed E-state index contributed by atoms with van der Waals surface area (Å²) in [5.74, 6) is -2.09. The van der Waals surface area contributed by atoms with Crippen LogP contribution in [0.25, 0.3) is 0 Å². The molecule has 2 N–H and O–H groups in total. The second kappa shape index (κ2) is 10.1. The number of nitrogens with one attached hydrogen (secondary N) is 2. The van der Waals surface area contributed by atoms with Gasteiger partial charge in [-0.05, 0) is 12.1 Å². The normalized spacial score (nSPS) is 19.4. The number of benzene rings is 1. The number of halogens is 2. The summed E-state index contributed by atoms with van der Waals surface area (Å²) in [7, 11) is -3.87. The monoisotopic (exact) mass is 510 g/mol. The zero-order valence-electron chi connectivity index (χ0n) is 18.8. The minimum Gasteiger partial charge on any atom is -0.442 e. The maximum atomic E-state index is 15.1. The molecule has 2 aliphatic rings. The quantitative estimate of drug-likeness (QED) is 0.586. The summed E-state index contributed by atoms with van der Waals surface area (Å²) in [4.78, 5) is 29.6. The van der Waals surface area contributed by atoms with Crippen LogP contribution in [0.3, 0.4) is 0 Å². The van der Waals surface area contributed by atoms with Crippen molar-refractivity contribution in [3.05, 3.63) is 48.3 Å². The van der Waals surface area contributed by atoms with Gasteiger partial charge >= 0.3 is 6.09 Å². The maximum absolute atomic E-state index is 15.1. The molecule has 11 nitrogen and oxygen atoms in total. The third-order valence-electron chi connectivity index (χ3n) is 5.56. The molecular formula is C21H24F2N6O5S. The van der Waals surface area contributed by atoms with Crippen molar-refractivity contribution in [3.8, 4) is 0 Å². The molecule has 188 valence electrons. The molecule has 2 fully saturated rings. The number of cyclic esters (lactones) is 1. The highest BCUT2D eigenvalue weighted by atomic mass is 32.2. The van der Waals surface area contributed by atoms with Gasteiger partial charge in [0.05, 0.1) is 23.7 Å². The molecule has 2 aromatic rings. The third-order valence-corrected chi connectivity index (χ3v) is 7.32. The Morgan fingerprint density at radius 1 is 1.20 bits per heavy atom. The van der Waals surface area contributed by atoms with Crippen molar-refractivity contribution in [2.24, 2.45) is 0 Å². The lowest BCUT2D eigenvalue weighted by Gasteiger charge is -2.25. The molecule has 0 unspecified atom stereocenters. The van der Waals surface area contributed by atoms with E-state index in [1.807, 2.05) is 0 Å². The lowest BCUT2D eigenvalue weighted by atomic mass is 10.2. The van der Waals surface area contributed by atoms with Crippen LogP contribution in [0.4, 0.5) is 25.0 Å². The van der Waals surface area contributed by atoms with Crippen LogP contribution in [0.2, 0.25) is 0 Å². The van der Waals surface area contributed by atoms with Crippen molar-refractivity contribution >= 4 is 33.4 Å². The van der Waals surface area contributed by atoms with Gasteiger partial charge in [0.15, 0.2) is 11.6 Å². The van der Waals surface area contributed by atoms with Crippen LogP contribution in [0.15, 0.2) is 41.6 Å². The number of ether oxygens (including phenoxy) is 1. The Morgan fingerprint density at radius 2 is 1.89 bits per heavy atom. The van der Waals surface area contributed by atoms with Gasteiger partial charge in [0.1, 0.15) is 11.8 Å². The Labute approximate surface area is 200 Å². The molecule has 14 heteroatoms. The standard InChI is InChI=1S/C21H24F2N6O5S/c1-14(30)25-12-16-13-28(21(31)34-16)15-10-18(22)20(19(23)11-15)27-7-6-26-29(9-8-27)35(32,33)17-2-4-24-5-3-17/h2-5,10-11,16,26H,6-9,12-13H2,1H3,(H,25,30)/t16-/m0/s1. The van der Waals surface area contributed by atoms with E-state index >= 15 is 8.78 Å². The first kappa shape index (κ1) is 24.8. The molecule has 3 heterocycles. The fraction of sp³-hybridized carbons (Fsp3) is 0.381. The average Bonchev–Trinajstić information content (AvgIpc) is 3.02. The number of nitrogens with zero attached hydrogens (tertiary/aromatic N) is 4. The molecule has 0 aliphatic carbocycles. The van der Waals surface area contributed by atoms with Gasteiger partial charge in [-0.3, -0.25) is 14.7 Å². The smallest absolute Gasteiger partial charge is 0.414 e. The number of sulfonamides is 1. The van der Waals surface area contributed by atoms with Crippen LogP contribution in [-0.4, -0.2) is 75.2 Å². The summed E-state index contributed by atoms with van der Waals surface area (Å²) in [6.07, 6.45) is 1.30. The van der Waals surface area contributed by atoms with E-state index in [9.17, 15) is 18.0 Å². The van der Waals surface area contributed by atoms with Crippen LogP contribution in [0.5, 0.6) is 0 Å². The molecule has 2 saturated heterocycles. The van der Waals surface area contributed by atoms with Gasteiger partial charge in [-0.2, -0.15) is 0 Å². The number of amides is 2. The van der Waals surface area contributed by atoms with E-state index in [0.717, 1.165) is 21.4 Å². The number of anilines is 2. The van der Waals surface area contributed by atoms with Crippen molar-refractivity contribution in [3.63, 3.8) is 0 Å². The Bertz CT molecular complexity index is 1190. The third kappa shape index (κ3) is 5.33. The minimum atomic E-state index is -3.87. The van der Waals surface area contributed by atoms with Crippen molar-refractivity contribution in [1.82, 2.24) is 20.1 Å². The van der Waals surface area contributed by atoms with Crippen molar-refractivity contribution < 1.29 is 31.5 Å². The van der Waals surface area contributed by atoms with E-state index in [4.69, 9.17) is 4.74 Å². The van der Waals surface area contributed by atoms with E-state index in [2.05, 4.69) is 15.7 Å². The highest BCUT2D eigenvalue weighted by Gasteiger charge is 2.34. The molecule has 0 bridgehead atoms. The minimum absolute atomic E-state index is 0.0195. The second-order valence-corrected chi connectivity index (χ2v) is 9.83. The SMILES string of the molecule is CC(=O)NC[C@H]1CN(c2cc(F)c(N3CCNN(S(=O)(=O)c4ccncc4)CC3)c(F)c2)C(=O)O1. The van der Waals surface area contributed by atoms with Crippen LogP contribution >= 0.6 is 0 Å². The number of hydrazine groups is 1. The average molecular weight is 511 g/mol. The first-order valence-corrected chi connectivity index (χ1v) is 12.2. The van der Waals surface area contributed by atoms with Crippen molar-refractivity contribution in [2.75, 3.05) is 49.1 Å². The van der Waals surface area contributed by atoms with Crippen LogP contribution in [0, 0.1) is 11.6 Å². The van der Waals surface area contributed by atoms with Crippen molar-refractivity contribution in [1.29, 1.82) is 0 Å². The summed E-state index contributed by atoms with van der Waals surface area (Å²) in [6.45, 7) is 1.65. The number of carbonyl (C=O) groups excluding carboxylic acids is 2. The largest absolute Gasteiger partial charge is 0.442 e. The first-order chi connectivity index (χ1) is 16.7. The van der Waals surface area contributed by atoms with Crippen LogP contribution in [0.1, 0.15) is 6.92 Å². The Morgan fingerprint density at radius 3 is 2.54 bits per heavy atom. The highest BCUT2D eigenvalue weighted by Crippen LogP contribution is 2.31. The zero-order valence-corrected chi connectivity index (χ0v) is 19.6. The molecule has 0 saturated carbocycles. The zero-order chi connectivity index (χ0) is 25.2. The Balaban J connectivity index is 1.48. The van der Waals surface area contributed by atoms with Crippen LogP contribution in [-0.2, 0) is 19.6 Å². The molecule has 2 aliphatic heterocycles. The number of rotatable bonds is 6. The molecule has 4 rings (SSSR count). The van der Waals surface area contributed by atoms with Gasteiger partial charge in [0.25, 0.3) is 10.0 Å². The molecule has 1 atom stereocenters. The molecule has 0 radical (unpaired) electrons. The molecule has 1 aromatic carbocycles. The molecule has 0 spiro atoms.